The number of carbonyl (C=O) groups is 2. The van der Waals surface area contributed by atoms with Gasteiger partial charge in [-0.3, -0.25) is 9.59 Å². The summed E-state index contributed by atoms with van der Waals surface area (Å²) in [5.74, 6) is 0.116. The van der Waals surface area contributed by atoms with Crippen LogP contribution in [0.4, 0.5) is 11.4 Å². The zero-order valence-corrected chi connectivity index (χ0v) is 15.9. The lowest BCUT2D eigenvalue weighted by molar-refractivity contribution is -0.134. The molecule has 1 aliphatic rings. The van der Waals surface area contributed by atoms with Gasteiger partial charge in [-0.25, -0.2) is 0 Å². The van der Waals surface area contributed by atoms with Crippen LogP contribution in [0.15, 0.2) is 24.3 Å². The molecule has 0 radical (unpaired) electrons. The fraction of sp³-hybridized carbons (Fsp3) is 0.500. The zero-order chi connectivity index (χ0) is 18.4. The molecule has 1 aromatic rings. The Balaban J connectivity index is 2.02. The fourth-order valence-corrected chi connectivity index (χ4v) is 2.98. The highest BCUT2D eigenvalue weighted by molar-refractivity contribution is 7.80. The molecule has 1 fully saturated rings. The summed E-state index contributed by atoms with van der Waals surface area (Å²) in [4.78, 5) is 27.7. The highest BCUT2D eigenvalue weighted by Gasteiger charge is 2.24. The van der Waals surface area contributed by atoms with Crippen molar-refractivity contribution in [3.63, 3.8) is 0 Å². The van der Waals surface area contributed by atoms with Gasteiger partial charge in [-0.05, 0) is 24.4 Å². The molecule has 136 valence electrons. The quantitative estimate of drug-likeness (QED) is 0.804. The van der Waals surface area contributed by atoms with Crippen molar-refractivity contribution < 1.29 is 9.59 Å². The molecule has 7 heteroatoms. The predicted molar refractivity (Wildman–Crippen MR) is 105 cm³/mol. The van der Waals surface area contributed by atoms with Gasteiger partial charge >= 0.3 is 0 Å². The summed E-state index contributed by atoms with van der Waals surface area (Å²) in [7, 11) is 0. The van der Waals surface area contributed by atoms with Gasteiger partial charge in [0.15, 0.2) is 5.11 Å². The van der Waals surface area contributed by atoms with Crippen LogP contribution in [0.25, 0.3) is 0 Å². The van der Waals surface area contributed by atoms with Crippen molar-refractivity contribution in [2.75, 3.05) is 36.4 Å². The Morgan fingerprint density at radius 3 is 2.40 bits per heavy atom. The van der Waals surface area contributed by atoms with Crippen LogP contribution in [0.1, 0.15) is 27.2 Å². The van der Waals surface area contributed by atoms with Gasteiger partial charge in [0.05, 0.1) is 11.4 Å². The number of piperazine rings is 1. The lowest BCUT2D eigenvalue weighted by Gasteiger charge is -2.37. The Morgan fingerprint density at radius 1 is 1.16 bits per heavy atom. The van der Waals surface area contributed by atoms with Crippen LogP contribution < -0.4 is 15.5 Å². The maximum absolute atomic E-state index is 12.1. The number of thiocarbonyl (C=S) groups is 1. The molecule has 0 spiro atoms. The van der Waals surface area contributed by atoms with Gasteiger partial charge < -0.3 is 20.4 Å². The Kier molecular flexibility index (Phi) is 6.75. The van der Waals surface area contributed by atoms with Crippen molar-refractivity contribution in [1.29, 1.82) is 0 Å². The largest absolute Gasteiger partial charge is 0.366 e. The third-order valence-corrected chi connectivity index (χ3v) is 4.36. The van der Waals surface area contributed by atoms with E-state index in [1.165, 1.54) is 0 Å². The average molecular weight is 362 g/mol. The highest BCUT2D eigenvalue weighted by Crippen LogP contribution is 2.26. The number of carbonyl (C=O) groups excluding carboxylic acids is 2. The number of benzene rings is 1. The topological polar surface area (TPSA) is 64.7 Å². The normalized spacial score (nSPS) is 14.4. The number of amides is 2. The number of hydrogen-bond acceptors (Lipinski definition) is 4. The Hall–Kier alpha value is -2.15. The second-order valence-corrected chi connectivity index (χ2v) is 6.75. The van der Waals surface area contributed by atoms with Gasteiger partial charge in [-0.2, -0.15) is 0 Å². The van der Waals surface area contributed by atoms with Gasteiger partial charge in [-0.1, -0.05) is 32.9 Å². The first-order chi connectivity index (χ1) is 11.9. The van der Waals surface area contributed by atoms with E-state index in [0.29, 0.717) is 24.6 Å². The zero-order valence-electron chi connectivity index (χ0n) is 15.0. The second kappa shape index (κ2) is 8.80. The van der Waals surface area contributed by atoms with Gasteiger partial charge in [0.25, 0.3) is 0 Å². The molecule has 1 heterocycles. The van der Waals surface area contributed by atoms with E-state index in [-0.39, 0.29) is 17.7 Å². The Labute approximate surface area is 154 Å². The highest BCUT2D eigenvalue weighted by atomic mass is 32.1. The molecule has 1 aliphatic heterocycles. The summed E-state index contributed by atoms with van der Waals surface area (Å²) >= 11 is 5.21. The van der Waals surface area contributed by atoms with E-state index in [2.05, 4.69) is 15.5 Å². The van der Waals surface area contributed by atoms with Gasteiger partial charge in [0.1, 0.15) is 0 Å². The van der Waals surface area contributed by atoms with E-state index in [4.69, 9.17) is 12.2 Å². The van der Waals surface area contributed by atoms with Crippen molar-refractivity contribution in [2.24, 2.45) is 5.92 Å². The Morgan fingerprint density at radius 2 is 1.80 bits per heavy atom. The van der Waals surface area contributed by atoms with Crippen LogP contribution in [0.3, 0.4) is 0 Å². The second-order valence-electron chi connectivity index (χ2n) is 6.34. The smallest absolute Gasteiger partial charge is 0.225 e. The van der Waals surface area contributed by atoms with Crippen molar-refractivity contribution in [1.82, 2.24) is 10.2 Å². The van der Waals surface area contributed by atoms with Gasteiger partial charge in [0.2, 0.25) is 11.8 Å². The molecule has 25 heavy (non-hydrogen) atoms. The van der Waals surface area contributed by atoms with E-state index in [1.807, 2.05) is 43.0 Å². The minimum Gasteiger partial charge on any atom is -0.366 e. The molecule has 0 aromatic heterocycles. The summed E-state index contributed by atoms with van der Waals surface area (Å²) in [6, 6.07) is 7.85. The number of rotatable bonds is 4. The van der Waals surface area contributed by atoms with Gasteiger partial charge in [0, 0.05) is 38.5 Å². The monoisotopic (exact) mass is 362 g/mol. The first kappa shape index (κ1) is 19.2. The number of hydrogen-bond donors (Lipinski definition) is 2. The third-order valence-electron chi connectivity index (χ3n) is 4.15. The molecule has 0 aliphatic carbocycles. The molecule has 0 saturated carbocycles. The van der Waals surface area contributed by atoms with E-state index in [1.54, 1.807) is 6.92 Å². The van der Waals surface area contributed by atoms with Crippen LogP contribution in [0, 0.1) is 5.92 Å². The maximum atomic E-state index is 12.1. The van der Waals surface area contributed by atoms with Gasteiger partial charge in [-0.15, -0.1) is 0 Å². The van der Waals surface area contributed by atoms with E-state index in [9.17, 15) is 9.59 Å². The van der Waals surface area contributed by atoms with Crippen LogP contribution in [-0.2, 0) is 9.59 Å². The molecule has 2 N–H and O–H groups in total. The molecule has 1 saturated heterocycles. The van der Waals surface area contributed by atoms with Crippen molar-refractivity contribution in [3.8, 4) is 0 Å². The third kappa shape index (κ3) is 5.16. The summed E-state index contributed by atoms with van der Waals surface area (Å²) in [6.45, 7) is 8.60. The molecule has 6 nitrogen and oxygen atoms in total. The van der Waals surface area contributed by atoms with Crippen molar-refractivity contribution in [3.05, 3.63) is 24.3 Å². The molecular weight excluding hydrogens is 336 g/mol. The summed E-state index contributed by atoms with van der Waals surface area (Å²) in [6.07, 6.45) is 0.384. The first-order valence-corrected chi connectivity index (χ1v) is 9.06. The molecule has 2 amide bonds. The lowest BCUT2D eigenvalue weighted by atomic mass is 10.1. The standard InChI is InChI=1S/C18H26N4O2S/c1-4-16(23)20-18(25)19-14-7-5-6-8-15(14)21-9-11-22(12-10-21)17(24)13(2)3/h5-8,13H,4,9-12H2,1-3H3,(H2,19,20,23,25). The number of nitrogens with one attached hydrogen (secondary N) is 2. The average Bonchev–Trinajstić information content (AvgIpc) is 2.61. The van der Waals surface area contributed by atoms with Crippen LogP contribution in [-0.4, -0.2) is 48.0 Å². The molecule has 1 aromatic carbocycles. The molecule has 0 unspecified atom stereocenters. The fourth-order valence-electron chi connectivity index (χ4n) is 2.76. The minimum absolute atomic E-state index is 0.0278. The molecule has 0 atom stereocenters. The SMILES string of the molecule is CCC(=O)NC(=S)Nc1ccccc1N1CCN(C(=O)C(C)C)CC1. The molecule has 0 bridgehead atoms. The summed E-state index contributed by atoms with van der Waals surface area (Å²) in [5, 5.41) is 6.05. The predicted octanol–water partition coefficient (Wildman–Crippen LogP) is 2.21. The minimum atomic E-state index is -0.115. The van der Waals surface area contributed by atoms with Crippen molar-refractivity contribution >= 4 is 40.5 Å². The van der Waals surface area contributed by atoms with E-state index in [0.717, 1.165) is 24.5 Å². The molecular formula is C18H26N4O2S. The van der Waals surface area contributed by atoms with Crippen LogP contribution in [0.5, 0.6) is 0 Å². The first-order valence-electron chi connectivity index (χ1n) is 8.66. The number of nitrogens with zero attached hydrogens (tertiary/aromatic N) is 2. The summed E-state index contributed by atoms with van der Waals surface area (Å²) < 4.78 is 0. The van der Waals surface area contributed by atoms with E-state index < -0.39 is 0 Å². The number of anilines is 2. The summed E-state index contributed by atoms with van der Waals surface area (Å²) in [5.41, 5.74) is 1.87. The van der Waals surface area contributed by atoms with E-state index >= 15 is 0 Å². The number of para-hydroxylation sites is 2. The maximum Gasteiger partial charge on any atom is 0.225 e. The van der Waals surface area contributed by atoms with Crippen molar-refractivity contribution in [2.45, 2.75) is 27.2 Å². The molecule has 2 rings (SSSR count). The van der Waals surface area contributed by atoms with Crippen LogP contribution >= 0.6 is 12.2 Å². The lowest BCUT2D eigenvalue weighted by Crippen LogP contribution is -2.50. The van der Waals surface area contributed by atoms with Crippen LogP contribution in [0.2, 0.25) is 0 Å². The Bertz CT molecular complexity index is 640.